The van der Waals surface area contributed by atoms with Gasteiger partial charge in [0.25, 0.3) is 29.1 Å². The zero-order valence-electron chi connectivity index (χ0n) is 92.5. The highest BCUT2D eigenvalue weighted by molar-refractivity contribution is 5.63. The van der Waals surface area contributed by atoms with Gasteiger partial charge in [-0.2, -0.15) is 45.7 Å². The second-order valence-electron chi connectivity index (χ2n) is 48.7. The molecule has 16 aromatic rings. The van der Waals surface area contributed by atoms with Crippen molar-refractivity contribution in [1.29, 1.82) is 0 Å². The SMILES string of the molecule is Cc1ccccc1-n1c(C)c2[n+](c1C1CCCC1)-c1ccccc1C2(C)C.Cc1ccccc1-n1c(C)c2[n+](c1C1CCCC1)-c1ccccc1C2(C)C.Cc1ccccc1-n1c(C)c2[n+](c1C1CCCC1)-c1ccccc1C2(C)C1CCCC1.Cc1ccccc1-n1c(C)c2[n+](c1C1CCCC1)-c1ccccc1C2(C)C1CCCCC1.Cc1ccccc1-n1c(C)c2[n+](c1C1CCCC1)-c1ccccc1C2(C)c1ccccc1. The van der Waals surface area contributed by atoms with Crippen LogP contribution in [0.2, 0.25) is 0 Å². The van der Waals surface area contributed by atoms with Crippen molar-refractivity contribution in [2.75, 3.05) is 0 Å². The number of aromatic nitrogens is 10. The van der Waals surface area contributed by atoms with Gasteiger partial charge in [0.15, 0.2) is 34.2 Å². The fourth-order valence-corrected chi connectivity index (χ4v) is 32.5. The Bertz CT molecular complexity index is 7620. The molecule has 10 heterocycles. The molecule has 10 heteroatoms. The maximum absolute atomic E-state index is 2.74. The molecular formula is C139H161N10+5. The van der Waals surface area contributed by atoms with Gasteiger partial charge < -0.3 is 0 Å². The first-order valence-corrected chi connectivity index (χ1v) is 58.1. The summed E-state index contributed by atoms with van der Waals surface area (Å²) in [7, 11) is 0. The van der Waals surface area contributed by atoms with Crippen LogP contribution in [0.1, 0.15) is 412 Å². The maximum atomic E-state index is 2.74. The van der Waals surface area contributed by atoms with Crippen molar-refractivity contribution in [3.8, 4) is 56.9 Å². The molecule has 0 amide bonds. The molecule has 3 atom stereocenters. The van der Waals surface area contributed by atoms with Crippen molar-refractivity contribution in [2.24, 2.45) is 11.8 Å². The highest BCUT2D eigenvalue weighted by atomic mass is 15.3. The van der Waals surface area contributed by atoms with Crippen LogP contribution in [0, 0.1) is 81.1 Å². The number of fused-ring (bicyclic) bond motifs is 15. The van der Waals surface area contributed by atoms with E-state index in [-0.39, 0.29) is 27.1 Å². The molecule has 0 N–H and O–H groups in total. The van der Waals surface area contributed by atoms with Gasteiger partial charge in [0.05, 0.1) is 56.7 Å². The predicted molar refractivity (Wildman–Crippen MR) is 608 cm³/mol. The maximum Gasteiger partial charge on any atom is 0.270 e. The Morgan fingerprint density at radius 3 is 0.685 bits per heavy atom. The van der Waals surface area contributed by atoms with Crippen molar-refractivity contribution in [3.05, 3.63) is 420 Å². The summed E-state index contributed by atoms with van der Waals surface area (Å²) in [6, 6.07) is 101. The average molecular weight is 1970 g/mol. The van der Waals surface area contributed by atoms with E-state index in [1.165, 1.54) is 368 Å². The second kappa shape index (κ2) is 39.0. The van der Waals surface area contributed by atoms with E-state index < -0.39 is 0 Å². The molecule has 12 aliphatic rings. The summed E-state index contributed by atoms with van der Waals surface area (Å²) in [6.45, 7) is 40.2. The summed E-state index contributed by atoms with van der Waals surface area (Å²) in [6.07, 6.45) is 38.9. The predicted octanol–water partition coefficient (Wildman–Crippen LogP) is 32.1. The minimum absolute atomic E-state index is 0.0297. The van der Waals surface area contributed by atoms with Crippen LogP contribution < -0.4 is 22.8 Å². The molecule has 28 rings (SSSR count). The highest BCUT2D eigenvalue weighted by Gasteiger charge is 2.60. The number of nitrogens with zero attached hydrogens (tertiary/aromatic N) is 10. The molecule has 7 aliphatic carbocycles. The first-order chi connectivity index (χ1) is 72.4. The van der Waals surface area contributed by atoms with Gasteiger partial charge in [0.2, 0.25) is 0 Å². The van der Waals surface area contributed by atoms with E-state index in [2.05, 4.69) is 436 Å². The molecule has 149 heavy (non-hydrogen) atoms. The Kier molecular flexibility index (Phi) is 25.8. The van der Waals surface area contributed by atoms with E-state index in [9.17, 15) is 0 Å². The van der Waals surface area contributed by atoms with Crippen LogP contribution in [0.25, 0.3) is 56.9 Å². The third-order valence-electron chi connectivity index (χ3n) is 39.5. The minimum Gasteiger partial charge on any atom is -0.196 e. The third-order valence-corrected chi connectivity index (χ3v) is 39.5. The molecule has 5 aliphatic heterocycles. The smallest absolute Gasteiger partial charge is 0.196 e. The largest absolute Gasteiger partial charge is 0.270 e. The lowest BCUT2D eigenvalue weighted by Gasteiger charge is -2.36. The molecule has 5 aromatic heterocycles. The number of aryl methyl sites for hydroxylation is 5. The summed E-state index contributed by atoms with van der Waals surface area (Å²) in [5.74, 6) is 12.2. The molecule has 0 saturated heterocycles. The fourth-order valence-electron chi connectivity index (χ4n) is 32.5. The molecular weight excluding hydrogens is 1810 g/mol. The van der Waals surface area contributed by atoms with Crippen molar-refractivity contribution in [1.82, 2.24) is 22.8 Å². The molecule has 0 bridgehead atoms. The molecule has 11 aromatic carbocycles. The van der Waals surface area contributed by atoms with E-state index in [1.807, 2.05) is 0 Å². The summed E-state index contributed by atoms with van der Waals surface area (Å²) in [5.41, 5.74) is 44.0. The van der Waals surface area contributed by atoms with Crippen LogP contribution in [0.3, 0.4) is 0 Å². The molecule has 7 fully saturated rings. The Morgan fingerprint density at radius 2 is 0.396 bits per heavy atom. The van der Waals surface area contributed by atoms with Gasteiger partial charge in [-0.25, -0.2) is 0 Å². The first-order valence-electron chi connectivity index (χ1n) is 58.1. The van der Waals surface area contributed by atoms with Gasteiger partial charge in [0, 0.05) is 62.4 Å². The lowest BCUT2D eigenvalue weighted by Crippen LogP contribution is -2.41. The summed E-state index contributed by atoms with van der Waals surface area (Å²) in [4.78, 5) is 0. The highest BCUT2D eigenvalue weighted by Crippen LogP contribution is 2.58. The van der Waals surface area contributed by atoms with Crippen molar-refractivity contribution in [2.45, 2.75) is 361 Å². The van der Waals surface area contributed by atoms with Gasteiger partial charge in [-0.15, -0.1) is 0 Å². The molecule has 762 valence electrons. The summed E-state index contributed by atoms with van der Waals surface area (Å²) >= 11 is 0. The van der Waals surface area contributed by atoms with Gasteiger partial charge in [-0.3, -0.25) is 0 Å². The third kappa shape index (κ3) is 15.6. The second-order valence-corrected chi connectivity index (χ2v) is 48.7. The van der Waals surface area contributed by atoms with E-state index in [0.717, 1.165) is 11.8 Å². The van der Waals surface area contributed by atoms with E-state index in [1.54, 1.807) is 22.5 Å². The van der Waals surface area contributed by atoms with Crippen molar-refractivity contribution in [3.63, 3.8) is 0 Å². The number of benzene rings is 11. The van der Waals surface area contributed by atoms with Gasteiger partial charge >= 0.3 is 0 Å². The van der Waals surface area contributed by atoms with Crippen LogP contribution in [-0.2, 0) is 27.1 Å². The molecule has 3 unspecified atom stereocenters. The summed E-state index contributed by atoms with van der Waals surface area (Å²) < 4.78 is 26.4. The number of hydrogen-bond acceptors (Lipinski definition) is 0. The van der Waals surface area contributed by atoms with Crippen LogP contribution >= 0.6 is 0 Å². The first kappa shape index (κ1) is 98.5. The fraction of sp³-hybridized carbons (Fsp3) is 0.417. The number of para-hydroxylation sites is 10. The van der Waals surface area contributed by atoms with Crippen LogP contribution in [0.4, 0.5) is 0 Å². The minimum atomic E-state index is -0.177. The van der Waals surface area contributed by atoms with Crippen LogP contribution in [0.15, 0.2) is 273 Å². The molecule has 7 saturated carbocycles. The number of hydrogen-bond donors (Lipinski definition) is 0. The lowest BCUT2D eigenvalue weighted by atomic mass is 9.65. The summed E-state index contributed by atoms with van der Waals surface area (Å²) in [5, 5.41) is 0. The lowest BCUT2D eigenvalue weighted by molar-refractivity contribution is -0.610. The van der Waals surface area contributed by atoms with Gasteiger partial charge in [-0.05, 0) is 279 Å². The van der Waals surface area contributed by atoms with Crippen LogP contribution in [0.5, 0.6) is 0 Å². The average Bonchev–Trinajstić information content (AvgIpc) is 1.52. The zero-order chi connectivity index (χ0) is 102. The Morgan fingerprint density at radius 1 is 0.195 bits per heavy atom. The Labute approximate surface area is 889 Å². The van der Waals surface area contributed by atoms with Gasteiger partial charge in [-0.1, -0.05) is 309 Å². The van der Waals surface area contributed by atoms with E-state index >= 15 is 0 Å². The Hall–Kier alpha value is -12.5. The molecule has 0 radical (unpaired) electrons. The number of rotatable bonds is 13. The Balaban J connectivity index is 0.0000000995. The van der Waals surface area contributed by atoms with Crippen LogP contribution in [-0.4, -0.2) is 22.8 Å². The van der Waals surface area contributed by atoms with Crippen molar-refractivity contribution < 1.29 is 22.8 Å². The van der Waals surface area contributed by atoms with Gasteiger partial charge in [0.1, 0.15) is 79.6 Å². The quantitative estimate of drug-likeness (QED) is 0.103. The topological polar surface area (TPSA) is 44.0 Å². The molecule has 10 nitrogen and oxygen atoms in total. The molecule has 0 spiro atoms. The van der Waals surface area contributed by atoms with E-state index in [4.69, 9.17) is 0 Å². The normalized spacial score (nSPS) is 20.7. The van der Waals surface area contributed by atoms with Crippen molar-refractivity contribution >= 4 is 0 Å². The standard InChI is InChI=1S/C30H37N2.C30H31N2.C29H35N2.2C25H29N2/c2*1-21-13-7-11-19-26(21)31-22(2)28-30(3,24-16-5-4-6-17-24)25-18-10-12-20-27(25)32(28)29(31)23-14-8-9-15-23;1-20-12-4-10-18-25(20)30-21(2)27-29(3,23-15-7-8-16-23)24-17-9-11-19-26(24)31(27)28(30)22-13-5-6-14-22;2*1-17-11-5-9-15-21(17)26-18(2)23-25(3,4)20-14-8-10-16-22(20)27(23)24(26)19-12-6-7-13-19/h7,10-13,18-20,23-24H,4-6,8-9,14-17H2,1-3H3;4-7,10-13,16-20,23H,8-9,14-15H2,1-3H3;4,9-12,17-19,22-23H,5-8,13-16H2,1-3H3;2*5,8-11,14-16,19H,6-7,12-13H2,1-4H3/q5*+1. The van der Waals surface area contributed by atoms with E-state index in [0.29, 0.717) is 29.6 Å². The zero-order valence-corrected chi connectivity index (χ0v) is 92.5. The number of imidazole rings is 5. The monoisotopic (exact) mass is 1970 g/mol.